The van der Waals surface area contributed by atoms with Crippen LogP contribution in [-0.4, -0.2) is 18.0 Å². The van der Waals surface area contributed by atoms with Crippen LogP contribution < -0.4 is 0 Å². The lowest BCUT2D eigenvalue weighted by molar-refractivity contribution is 0.493. The summed E-state index contributed by atoms with van der Waals surface area (Å²) in [6.07, 6.45) is 0. The van der Waals surface area contributed by atoms with Crippen molar-refractivity contribution < 1.29 is 13.0 Å². The maximum absolute atomic E-state index is 10.8. The number of benzene rings is 1. The zero-order valence-corrected chi connectivity index (χ0v) is 10.4. The molecular formula is C9H7NO3S3. The summed E-state index contributed by atoms with van der Waals surface area (Å²) in [5.74, 6) is 0. The molecule has 0 spiro atoms. The van der Waals surface area contributed by atoms with Crippen LogP contribution in [0.25, 0.3) is 10.2 Å². The van der Waals surface area contributed by atoms with Crippen molar-refractivity contribution in [3.8, 4) is 0 Å². The second kappa shape index (κ2) is 4.17. The average Bonchev–Trinajstić information content (AvgIpc) is 2.58. The first-order valence-electron chi connectivity index (χ1n) is 4.16. The van der Waals surface area contributed by atoms with E-state index in [1.165, 1.54) is 11.3 Å². The van der Waals surface area contributed by atoms with Gasteiger partial charge in [-0.25, -0.2) is 4.98 Å². The van der Waals surface area contributed by atoms with Gasteiger partial charge in [-0.05, 0) is 23.9 Å². The predicted molar refractivity (Wildman–Crippen MR) is 66.2 cm³/mol. The number of thiazole rings is 1. The molecular weight excluding hydrogens is 266 g/mol. The third kappa shape index (κ3) is 2.43. The fourth-order valence-corrected chi connectivity index (χ4v) is 3.63. The van der Waals surface area contributed by atoms with Gasteiger partial charge < -0.3 is 0 Å². The Hall–Kier alpha value is -0.890. The van der Waals surface area contributed by atoms with Crippen LogP contribution in [0.2, 0.25) is 0 Å². The molecule has 0 aliphatic rings. The molecule has 1 heterocycles. The minimum Gasteiger partial charge on any atom is -0.281 e. The molecule has 84 valence electrons. The van der Waals surface area contributed by atoms with E-state index in [-0.39, 0.29) is 4.24 Å². The second-order valence-corrected chi connectivity index (χ2v) is 6.97. The maximum Gasteiger partial charge on any atom is 0.300 e. The van der Waals surface area contributed by atoms with Gasteiger partial charge in [-0.1, -0.05) is 18.7 Å². The van der Waals surface area contributed by atoms with Gasteiger partial charge in [0.1, 0.15) is 4.24 Å². The highest BCUT2D eigenvalue weighted by Crippen LogP contribution is 2.34. The number of thioether (sulfide) groups is 1. The summed E-state index contributed by atoms with van der Waals surface area (Å²) in [6, 6.07) is 7.47. The number of nitrogens with zero attached hydrogens (tertiary/aromatic N) is 1. The summed E-state index contributed by atoms with van der Waals surface area (Å²) >= 11 is 2.21. The Labute approximate surface area is 101 Å². The molecule has 0 atom stereocenters. The third-order valence-corrected chi connectivity index (χ3v) is 5.05. The topological polar surface area (TPSA) is 67.3 Å². The molecule has 1 aromatic carbocycles. The largest absolute Gasteiger partial charge is 0.300 e. The standard InChI is InChI=1S/C9H7NO3S3/c1-6(16(11,12)13)14-9-10-7-4-2-3-5-8(7)15-9/h2-5H,1H2,(H,11,12,13). The van der Waals surface area contributed by atoms with Crippen LogP contribution in [-0.2, 0) is 10.1 Å². The van der Waals surface area contributed by atoms with Gasteiger partial charge in [0.2, 0.25) is 0 Å². The highest BCUT2D eigenvalue weighted by atomic mass is 32.3. The summed E-state index contributed by atoms with van der Waals surface area (Å²) in [6.45, 7) is 3.28. The smallest absolute Gasteiger partial charge is 0.281 e. The van der Waals surface area contributed by atoms with E-state index in [4.69, 9.17) is 4.55 Å². The van der Waals surface area contributed by atoms with Crippen LogP contribution in [0.5, 0.6) is 0 Å². The monoisotopic (exact) mass is 273 g/mol. The van der Waals surface area contributed by atoms with Crippen molar-refractivity contribution in [1.29, 1.82) is 0 Å². The number of para-hydroxylation sites is 1. The zero-order valence-electron chi connectivity index (χ0n) is 7.95. The second-order valence-electron chi connectivity index (χ2n) is 2.90. The molecule has 1 N–H and O–H groups in total. The fraction of sp³-hybridized carbons (Fsp3) is 0. The van der Waals surface area contributed by atoms with Gasteiger partial charge in [-0.3, -0.25) is 4.55 Å². The van der Waals surface area contributed by atoms with Crippen LogP contribution in [0.15, 0.2) is 39.4 Å². The van der Waals surface area contributed by atoms with E-state index in [1.807, 2.05) is 24.3 Å². The van der Waals surface area contributed by atoms with Crippen LogP contribution >= 0.6 is 23.1 Å². The lowest BCUT2D eigenvalue weighted by Crippen LogP contribution is -1.96. The number of hydrogen-bond donors (Lipinski definition) is 1. The predicted octanol–water partition coefficient (Wildman–Crippen LogP) is 2.75. The van der Waals surface area contributed by atoms with E-state index in [0.29, 0.717) is 4.34 Å². The number of rotatable bonds is 3. The quantitative estimate of drug-likeness (QED) is 0.688. The minimum atomic E-state index is -4.20. The van der Waals surface area contributed by atoms with Crippen LogP contribution in [0.1, 0.15) is 0 Å². The van der Waals surface area contributed by atoms with Gasteiger partial charge in [0.15, 0.2) is 4.34 Å². The summed E-state index contributed by atoms with van der Waals surface area (Å²) < 4.78 is 31.5. The Kier molecular flexibility index (Phi) is 3.02. The molecule has 0 aliphatic heterocycles. The van der Waals surface area contributed by atoms with E-state index in [1.54, 1.807) is 0 Å². The van der Waals surface area contributed by atoms with Gasteiger partial charge >= 0.3 is 0 Å². The van der Waals surface area contributed by atoms with Crippen molar-refractivity contribution in [3.05, 3.63) is 35.1 Å². The maximum atomic E-state index is 10.8. The molecule has 0 unspecified atom stereocenters. The van der Waals surface area contributed by atoms with Crippen molar-refractivity contribution in [2.24, 2.45) is 0 Å². The van der Waals surface area contributed by atoms with Gasteiger partial charge in [0, 0.05) is 0 Å². The van der Waals surface area contributed by atoms with Crippen molar-refractivity contribution in [2.75, 3.05) is 0 Å². The van der Waals surface area contributed by atoms with E-state index in [0.717, 1.165) is 22.0 Å². The first-order valence-corrected chi connectivity index (χ1v) is 7.24. The van der Waals surface area contributed by atoms with Gasteiger partial charge in [0.05, 0.1) is 10.2 Å². The SMILES string of the molecule is C=C(Sc1nc2ccccc2s1)S(=O)(=O)O. The molecule has 0 fully saturated rings. The lowest BCUT2D eigenvalue weighted by Gasteiger charge is -1.96. The molecule has 0 saturated heterocycles. The summed E-state index contributed by atoms with van der Waals surface area (Å²) in [7, 11) is -4.20. The molecule has 0 radical (unpaired) electrons. The summed E-state index contributed by atoms with van der Waals surface area (Å²) in [4.78, 5) is 4.21. The highest BCUT2D eigenvalue weighted by Gasteiger charge is 2.15. The normalized spacial score (nSPS) is 11.8. The first-order chi connectivity index (χ1) is 7.47. The van der Waals surface area contributed by atoms with E-state index < -0.39 is 10.1 Å². The zero-order chi connectivity index (χ0) is 11.8. The van der Waals surface area contributed by atoms with Crippen molar-refractivity contribution >= 4 is 43.4 Å². The molecule has 2 rings (SSSR count). The summed E-state index contributed by atoms with van der Waals surface area (Å²) in [5.41, 5.74) is 0.804. The molecule has 0 saturated carbocycles. The Morgan fingerprint density at radius 2 is 2.12 bits per heavy atom. The first kappa shape index (κ1) is 11.6. The van der Waals surface area contributed by atoms with Crippen molar-refractivity contribution in [3.63, 3.8) is 0 Å². The van der Waals surface area contributed by atoms with Crippen LogP contribution in [0, 0.1) is 0 Å². The molecule has 2 aromatic rings. The van der Waals surface area contributed by atoms with E-state index in [2.05, 4.69) is 11.6 Å². The molecule has 16 heavy (non-hydrogen) atoms. The molecule has 0 bridgehead atoms. The Morgan fingerprint density at radius 1 is 1.44 bits per heavy atom. The van der Waals surface area contributed by atoms with Crippen molar-refractivity contribution in [1.82, 2.24) is 4.98 Å². The molecule has 1 aromatic heterocycles. The fourth-order valence-electron chi connectivity index (χ4n) is 1.04. The Bertz CT molecular complexity index is 612. The van der Waals surface area contributed by atoms with Crippen LogP contribution in [0.4, 0.5) is 0 Å². The van der Waals surface area contributed by atoms with Gasteiger partial charge in [0.25, 0.3) is 10.1 Å². The molecule has 0 amide bonds. The van der Waals surface area contributed by atoms with Gasteiger partial charge in [-0.2, -0.15) is 8.42 Å². The van der Waals surface area contributed by atoms with E-state index >= 15 is 0 Å². The van der Waals surface area contributed by atoms with Gasteiger partial charge in [-0.15, -0.1) is 11.3 Å². The molecule has 0 aliphatic carbocycles. The minimum absolute atomic E-state index is 0.313. The summed E-state index contributed by atoms with van der Waals surface area (Å²) in [5, 5.41) is 0. The number of hydrogen-bond acceptors (Lipinski definition) is 5. The lowest BCUT2D eigenvalue weighted by atomic mass is 10.3. The molecule has 4 nitrogen and oxygen atoms in total. The van der Waals surface area contributed by atoms with Crippen molar-refractivity contribution in [2.45, 2.75) is 4.34 Å². The number of fused-ring (bicyclic) bond motifs is 1. The highest BCUT2D eigenvalue weighted by molar-refractivity contribution is 8.17. The molecule has 7 heteroatoms. The van der Waals surface area contributed by atoms with E-state index in [9.17, 15) is 8.42 Å². The van der Waals surface area contributed by atoms with Crippen LogP contribution in [0.3, 0.4) is 0 Å². The average molecular weight is 273 g/mol. The Morgan fingerprint density at radius 3 is 2.75 bits per heavy atom. The third-order valence-electron chi connectivity index (χ3n) is 1.76. The Balaban J connectivity index is 2.32. The number of aromatic nitrogens is 1.